The van der Waals surface area contributed by atoms with Crippen LogP contribution in [0, 0.1) is 0 Å². The predicted molar refractivity (Wildman–Crippen MR) is 170 cm³/mol. The van der Waals surface area contributed by atoms with Crippen molar-refractivity contribution in [1.82, 2.24) is 15.2 Å². The summed E-state index contributed by atoms with van der Waals surface area (Å²) in [5, 5.41) is 6.81. The highest BCUT2D eigenvalue weighted by atomic mass is 32.2. The topological polar surface area (TPSA) is 127 Å². The molecule has 2 N–H and O–H groups in total. The number of β-lactam (4-membered cyclic amide) rings is 1. The molecule has 12 heteroatoms. The van der Waals surface area contributed by atoms with Crippen LogP contribution in [0.2, 0.25) is 0 Å². The zero-order chi connectivity index (χ0) is 31.4. The minimum Gasteiger partial charge on any atom is -0.448 e. The molecule has 3 amide bonds. The average molecular weight is 633 g/mol. The molecule has 5 rings (SSSR count). The molecule has 228 valence electrons. The number of hydrogen-bond donors (Lipinski definition) is 2. The van der Waals surface area contributed by atoms with E-state index >= 15 is 0 Å². The minimum atomic E-state index is -0.837. The molecule has 1 saturated heterocycles. The van der Waals surface area contributed by atoms with E-state index in [0.29, 0.717) is 11.4 Å². The summed E-state index contributed by atoms with van der Waals surface area (Å²) in [5.41, 5.74) is 1.69. The average Bonchev–Trinajstić information content (AvgIpc) is 3.45. The number of aromatic nitrogens is 1. The Morgan fingerprint density at radius 3 is 2.27 bits per heavy atom. The number of esters is 1. The van der Waals surface area contributed by atoms with E-state index < -0.39 is 47.0 Å². The van der Waals surface area contributed by atoms with E-state index in [1.54, 1.807) is 45.2 Å². The van der Waals surface area contributed by atoms with Crippen molar-refractivity contribution in [3.63, 3.8) is 0 Å². The largest absolute Gasteiger partial charge is 0.448 e. The van der Waals surface area contributed by atoms with Crippen LogP contribution in [0.15, 0.2) is 83.9 Å². The fourth-order valence-electron chi connectivity index (χ4n) is 4.74. The van der Waals surface area contributed by atoms with Crippen LogP contribution in [0.1, 0.15) is 50.6 Å². The first-order valence-electron chi connectivity index (χ1n) is 13.9. The molecule has 0 radical (unpaired) electrons. The van der Waals surface area contributed by atoms with Crippen molar-refractivity contribution < 1.29 is 28.7 Å². The van der Waals surface area contributed by atoms with Crippen LogP contribution in [-0.2, 0) is 23.9 Å². The summed E-state index contributed by atoms with van der Waals surface area (Å²) >= 11 is 2.59. The zero-order valence-electron chi connectivity index (χ0n) is 24.6. The first-order chi connectivity index (χ1) is 21.1. The molecule has 2 aromatic carbocycles. The number of amides is 3. The highest BCUT2D eigenvalue weighted by molar-refractivity contribution is 8.00. The summed E-state index contributed by atoms with van der Waals surface area (Å²) in [5.74, 6) is -1.05. The van der Waals surface area contributed by atoms with Gasteiger partial charge < -0.3 is 14.8 Å². The lowest BCUT2D eigenvalue weighted by molar-refractivity contribution is -0.154. The molecule has 2 aliphatic heterocycles. The molecule has 3 aromatic rings. The van der Waals surface area contributed by atoms with Crippen molar-refractivity contribution in [2.75, 3.05) is 11.1 Å². The van der Waals surface area contributed by atoms with Crippen LogP contribution in [0.25, 0.3) is 5.57 Å². The molecule has 3 heterocycles. The number of hydrogen-bond acceptors (Lipinski definition) is 9. The van der Waals surface area contributed by atoms with E-state index in [1.807, 2.05) is 60.7 Å². The number of nitrogens with zero attached hydrogens (tertiary/aromatic N) is 2. The molecule has 0 bridgehead atoms. The number of rotatable bonds is 8. The van der Waals surface area contributed by atoms with Gasteiger partial charge in [-0.05, 0) is 44.9 Å². The highest BCUT2D eigenvalue weighted by Gasteiger charge is 2.53. The smallest absolute Gasteiger partial charge is 0.413 e. The van der Waals surface area contributed by atoms with Gasteiger partial charge in [0.05, 0.1) is 11.3 Å². The van der Waals surface area contributed by atoms with Gasteiger partial charge >= 0.3 is 12.1 Å². The Labute approximate surface area is 263 Å². The maximum Gasteiger partial charge on any atom is 0.413 e. The van der Waals surface area contributed by atoms with Crippen molar-refractivity contribution in [1.29, 1.82) is 0 Å². The summed E-state index contributed by atoms with van der Waals surface area (Å²) < 4.78 is 11.3. The molecular weight excluding hydrogens is 601 g/mol. The Bertz CT molecular complexity index is 1570. The highest BCUT2D eigenvalue weighted by Crippen LogP contribution is 2.39. The summed E-state index contributed by atoms with van der Waals surface area (Å²) in [6.07, 6.45) is 1.96. The standard InChI is InChI=1S/C32H32N4O6S2/c1-5-21(22-18-44-30(33-22)35-31(40)42-32(2,3)4)26(37)34-24-27(38)36-23(16-17-43-28(24)36)29(39)41-25(19-12-8-6-9-13-19)20-14-10-7-11-15-20/h5-16,18,24-25,28H,17H2,1-4H3,(H,34,37)(H,33,35,40)/b21-5-/t24?,28-/m0/s1. The van der Waals surface area contributed by atoms with Crippen molar-refractivity contribution >= 4 is 57.7 Å². The third-order valence-electron chi connectivity index (χ3n) is 6.69. The van der Waals surface area contributed by atoms with Crippen molar-refractivity contribution in [2.45, 2.75) is 50.8 Å². The third-order valence-corrected chi connectivity index (χ3v) is 8.63. The maximum absolute atomic E-state index is 13.5. The summed E-state index contributed by atoms with van der Waals surface area (Å²) in [7, 11) is 0. The second kappa shape index (κ2) is 13.1. The Kier molecular flexibility index (Phi) is 9.21. The number of nitrogens with one attached hydrogen (secondary N) is 2. The van der Waals surface area contributed by atoms with E-state index in [2.05, 4.69) is 15.6 Å². The van der Waals surface area contributed by atoms with Gasteiger partial charge in [0.25, 0.3) is 11.8 Å². The Morgan fingerprint density at radius 2 is 1.68 bits per heavy atom. The molecule has 44 heavy (non-hydrogen) atoms. The van der Waals surface area contributed by atoms with Gasteiger partial charge in [-0.1, -0.05) is 66.7 Å². The van der Waals surface area contributed by atoms with Gasteiger partial charge in [-0.15, -0.1) is 23.1 Å². The fourth-order valence-corrected chi connectivity index (χ4v) is 6.63. The van der Waals surface area contributed by atoms with E-state index in [0.717, 1.165) is 22.5 Å². The SMILES string of the molecule is C/C=C(\C(=O)NC1C(=O)N2C(C(=O)OC(c3ccccc3)c3ccccc3)=CCS[C@@H]12)c1csc(NC(=O)OC(C)(C)C)n1. The molecule has 2 atom stereocenters. The number of thioether (sulfide) groups is 1. The summed E-state index contributed by atoms with van der Waals surface area (Å²) in [6, 6.07) is 18.0. The lowest BCUT2D eigenvalue weighted by Crippen LogP contribution is -2.70. The lowest BCUT2D eigenvalue weighted by atomic mass is 10.0. The number of carbonyl (C=O) groups is 4. The summed E-state index contributed by atoms with van der Waals surface area (Å²) in [6.45, 7) is 6.95. The van der Waals surface area contributed by atoms with Crippen LogP contribution in [0.5, 0.6) is 0 Å². The van der Waals surface area contributed by atoms with Crippen LogP contribution >= 0.6 is 23.1 Å². The van der Waals surface area contributed by atoms with E-state index in [1.165, 1.54) is 16.7 Å². The molecule has 1 aromatic heterocycles. The minimum absolute atomic E-state index is 0.157. The maximum atomic E-state index is 13.5. The number of allylic oxidation sites excluding steroid dienone is 1. The molecule has 2 aliphatic rings. The quantitative estimate of drug-likeness (QED) is 0.189. The number of benzene rings is 2. The predicted octanol–water partition coefficient (Wildman–Crippen LogP) is 5.51. The van der Waals surface area contributed by atoms with E-state index in [-0.39, 0.29) is 16.4 Å². The molecule has 0 aliphatic carbocycles. The number of carbonyl (C=O) groups excluding carboxylic acids is 4. The molecular formula is C32H32N4O6S2. The number of fused-ring (bicyclic) bond motifs is 1. The molecule has 1 unspecified atom stereocenters. The number of anilines is 1. The number of ether oxygens (including phenoxy) is 2. The first kappa shape index (κ1) is 31.0. The molecule has 0 saturated carbocycles. The monoisotopic (exact) mass is 632 g/mol. The Balaban J connectivity index is 1.24. The van der Waals surface area contributed by atoms with Gasteiger partial charge in [0.15, 0.2) is 11.2 Å². The second-order valence-electron chi connectivity index (χ2n) is 10.9. The lowest BCUT2D eigenvalue weighted by Gasteiger charge is -2.48. The fraction of sp³-hybridized carbons (Fsp3) is 0.281. The van der Waals surface area contributed by atoms with Crippen molar-refractivity contribution in [3.05, 3.63) is 101 Å². The van der Waals surface area contributed by atoms with Gasteiger partial charge in [-0.2, -0.15) is 0 Å². The van der Waals surface area contributed by atoms with E-state index in [9.17, 15) is 19.2 Å². The van der Waals surface area contributed by atoms with Crippen molar-refractivity contribution in [2.24, 2.45) is 0 Å². The van der Waals surface area contributed by atoms with E-state index in [4.69, 9.17) is 9.47 Å². The first-order valence-corrected chi connectivity index (χ1v) is 15.9. The van der Waals surface area contributed by atoms with Crippen LogP contribution < -0.4 is 10.6 Å². The van der Waals surface area contributed by atoms with Crippen molar-refractivity contribution in [3.8, 4) is 0 Å². The van der Waals surface area contributed by atoms with Gasteiger partial charge in [0.1, 0.15) is 22.7 Å². The van der Waals surface area contributed by atoms with Gasteiger partial charge in [-0.25, -0.2) is 14.6 Å². The van der Waals surface area contributed by atoms with Crippen LogP contribution in [-0.4, -0.2) is 56.5 Å². The van der Waals surface area contributed by atoms with Gasteiger partial charge in [-0.3, -0.25) is 19.8 Å². The van der Waals surface area contributed by atoms with Gasteiger partial charge in [0, 0.05) is 11.1 Å². The molecule has 0 spiro atoms. The second-order valence-corrected chi connectivity index (χ2v) is 13.0. The normalized spacial score (nSPS) is 18.1. The molecule has 1 fully saturated rings. The molecule has 10 nitrogen and oxygen atoms in total. The summed E-state index contributed by atoms with van der Waals surface area (Å²) in [4.78, 5) is 57.9. The zero-order valence-corrected chi connectivity index (χ0v) is 26.2. The van der Waals surface area contributed by atoms with Crippen LogP contribution in [0.4, 0.5) is 9.93 Å². The van der Waals surface area contributed by atoms with Crippen LogP contribution in [0.3, 0.4) is 0 Å². The Morgan fingerprint density at radius 1 is 1.05 bits per heavy atom. The number of thiazole rings is 1. The van der Waals surface area contributed by atoms with Gasteiger partial charge in [0.2, 0.25) is 0 Å². The Hall–Kier alpha value is -4.42. The third kappa shape index (κ3) is 6.87.